The van der Waals surface area contributed by atoms with Gasteiger partial charge in [-0.1, -0.05) is 43.3 Å². The van der Waals surface area contributed by atoms with Crippen LogP contribution in [0.3, 0.4) is 0 Å². The summed E-state index contributed by atoms with van der Waals surface area (Å²) in [5, 5.41) is 10.1. The van der Waals surface area contributed by atoms with Crippen LogP contribution in [-0.4, -0.2) is 75.9 Å². The number of imidazole rings is 1. The predicted molar refractivity (Wildman–Crippen MR) is 143 cm³/mol. The molecule has 12 heteroatoms. The number of alkyl halides is 3. The highest BCUT2D eigenvalue weighted by molar-refractivity contribution is 5.89. The number of aliphatic carboxylic acids is 1. The van der Waals surface area contributed by atoms with Gasteiger partial charge >= 0.3 is 18.2 Å². The van der Waals surface area contributed by atoms with Crippen LogP contribution in [0.1, 0.15) is 25.6 Å². The van der Waals surface area contributed by atoms with Crippen LogP contribution in [0.25, 0.3) is 11.3 Å². The fourth-order valence-electron chi connectivity index (χ4n) is 5.37. The number of nitrogens with one attached hydrogen (secondary N) is 1. The van der Waals surface area contributed by atoms with E-state index in [1.54, 1.807) is 7.11 Å². The van der Waals surface area contributed by atoms with Gasteiger partial charge in [0, 0.05) is 37.9 Å². The molecule has 0 atom stereocenters. The van der Waals surface area contributed by atoms with E-state index in [0.29, 0.717) is 13.1 Å². The van der Waals surface area contributed by atoms with Crippen LogP contribution < -0.4 is 10.1 Å². The molecule has 1 aromatic heterocycles. The molecule has 1 spiro atoms. The van der Waals surface area contributed by atoms with Crippen molar-refractivity contribution < 1.29 is 32.6 Å². The minimum atomic E-state index is -5.08. The van der Waals surface area contributed by atoms with Crippen molar-refractivity contribution in [2.45, 2.75) is 38.0 Å². The Morgan fingerprint density at radius 3 is 2.33 bits per heavy atom. The number of aromatic nitrogens is 2. The van der Waals surface area contributed by atoms with Gasteiger partial charge in [-0.05, 0) is 37.1 Å². The number of carbonyl (C=O) groups excluding carboxylic acids is 1. The second-order valence-electron chi connectivity index (χ2n) is 9.55. The van der Waals surface area contributed by atoms with Crippen LogP contribution in [0.15, 0.2) is 60.8 Å². The van der Waals surface area contributed by atoms with Crippen LogP contribution in [0, 0.1) is 0 Å². The third kappa shape index (κ3) is 6.06. The SMILES string of the molecule is CCN1CCn2c(-c3ccccc3)cnc2C12CCN(C(=O)Nc1cccc(OC)c1)CC2.O=C(O)C(F)(F)F. The van der Waals surface area contributed by atoms with E-state index in [4.69, 9.17) is 19.6 Å². The molecule has 2 N–H and O–H groups in total. The van der Waals surface area contributed by atoms with Crippen molar-refractivity contribution in [2.75, 3.05) is 38.6 Å². The topological polar surface area (TPSA) is 99.9 Å². The van der Waals surface area contributed by atoms with Gasteiger partial charge in [0.15, 0.2) is 0 Å². The molecule has 5 rings (SSSR count). The lowest BCUT2D eigenvalue weighted by atomic mass is 9.83. The Morgan fingerprint density at radius 1 is 1.05 bits per heavy atom. The minimum Gasteiger partial charge on any atom is -0.497 e. The molecule has 0 bridgehead atoms. The highest BCUT2D eigenvalue weighted by Gasteiger charge is 2.47. The molecule has 3 heterocycles. The standard InChI is InChI=1S/C26H31N5O2.C2HF3O2/c1-3-30-16-17-31-23(20-8-5-4-6-9-20)19-27-24(31)26(30)12-14-29(15-13-26)25(32)28-21-10-7-11-22(18-21)33-2;3-2(4,5)1(6)7/h4-11,18-19H,3,12-17H2,1-2H3,(H,28,32);(H,6,7). The number of carboxylic acids is 1. The van der Waals surface area contributed by atoms with Gasteiger partial charge in [0.05, 0.1) is 24.5 Å². The number of hydrogen-bond donors (Lipinski definition) is 2. The smallest absolute Gasteiger partial charge is 0.490 e. The molecule has 0 unspecified atom stereocenters. The average Bonchev–Trinajstić information content (AvgIpc) is 3.39. The number of likely N-dealkylation sites (N-methyl/N-ethyl adjacent to an activating group) is 1. The monoisotopic (exact) mass is 559 g/mol. The summed E-state index contributed by atoms with van der Waals surface area (Å²) in [4.78, 5) is 31.3. The maximum Gasteiger partial charge on any atom is 0.490 e. The van der Waals surface area contributed by atoms with E-state index < -0.39 is 12.1 Å². The molecule has 214 valence electrons. The largest absolute Gasteiger partial charge is 0.497 e. The van der Waals surface area contributed by atoms with Crippen molar-refractivity contribution in [2.24, 2.45) is 0 Å². The first-order chi connectivity index (χ1) is 19.1. The number of carboxylic acid groups (broad SMARTS) is 1. The molecule has 1 fully saturated rings. The molecule has 2 aliphatic rings. The second-order valence-corrected chi connectivity index (χ2v) is 9.55. The Bertz CT molecular complexity index is 1320. The molecule has 1 saturated heterocycles. The third-order valence-electron chi connectivity index (χ3n) is 7.36. The van der Waals surface area contributed by atoms with Crippen molar-refractivity contribution in [3.8, 4) is 17.0 Å². The van der Waals surface area contributed by atoms with Gasteiger partial charge in [0.2, 0.25) is 0 Å². The summed E-state index contributed by atoms with van der Waals surface area (Å²) < 4.78 is 39.4. The molecule has 3 aromatic rings. The van der Waals surface area contributed by atoms with E-state index in [0.717, 1.165) is 49.7 Å². The van der Waals surface area contributed by atoms with Gasteiger partial charge in [-0.2, -0.15) is 13.2 Å². The van der Waals surface area contributed by atoms with Crippen LogP contribution in [-0.2, 0) is 16.9 Å². The zero-order valence-electron chi connectivity index (χ0n) is 22.3. The van der Waals surface area contributed by atoms with E-state index in [1.807, 2.05) is 41.4 Å². The fraction of sp³-hybridized carbons (Fsp3) is 0.393. The number of carbonyl (C=O) groups is 2. The molecule has 2 aliphatic heterocycles. The molecular weight excluding hydrogens is 527 g/mol. The fourth-order valence-corrected chi connectivity index (χ4v) is 5.37. The number of amides is 2. The van der Waals surface area contributed by atoms with Crippen molar-refractivity contribution in [1.29, 1.82) is 0 Å². The Labute approximate surface area is 230 Å². The van der Waals surface area contributed by atoms with Crippen LogP contribution in [0.5, 0.6) is 5.75 Å². The first-order valence-corrected chi connectivity index (χ1v) is 13.0. The number of benzene rings is 2. The van der Waals surface area contributed by atoms with Crippen LogP contribution >= 0.6 is 0 Å². The first-order valence-electron chi connectivity index (χ1n) is 13.0. The molecule has 0 saturated carbocycles. The van der Waals surface area contributed by atoms with E-state index in [2.05, 4.69) is 46.0 Å². The zero-order valence-corrected chi connectivity index (χ0v) is 22.3. The molecule has 40 heavy (non-hydrogen) atoms. The van der Waals surface area contributed by atoms with Crippen molar-refractivity contribution in [3.63, 3.8) is 0 Å². The lowest BCUT2D eigenvalue weighted by Gasteiger charge is -2.50. The van der Waals surface area contributed by atoms with Crippen LogP contribution in [0.2, 0.25) is 0 Å². The Morgan fingerprint density at radius 2 is 1.73 bits per heavy atom. The Balaban J connectivity index is 0.000000470. The second kappa shape index (κ2) is 12.0. The first kappa shape index (κ1) is 28.9. The number of anilines is 1. The lowest BCUT2D eigenvalue weighted by molar-refractivity contribution is -0.192. The molecule has 0 radical (unpaired) electrons. The van der Waals surface area contributed by atoms with Crippen LogP contribution in [0.4, 0.5) is 23.7 Å². The molecule has 9 nitrogen and oxygen atoms in total. The number of piperidine rings is 1. The quantitative estimate of drug-likeness (QED) is 0.464. The maximum atomic E-state index is 13.0. The summed E-state index contributed by atoms with van der Waals surface area (Å²) in [6, 6.07) is 17.9. The molecule has 2 amide bonds. The molecule has 0 aliphatic carbocycles. The number of rotatable bonds is 4. The Kier molecular flexibility index (Phi) is 8.67. The van der Waals surface area contributed by atoms with E-state index in [-0.39, 0.29) is 11.6 Å². The summed E-state index contributed by atoms with van der Waals surface area (Å²) in [7, 11) is 1.63. The number of urea groups is 1. The number of nitrogens with zero attached hydrogens (tertiary/aromatic N) is 4. The number of hydrogen-bond acceptors (Lipinski definition) is 5. The predicted octanol–water partition coefficient (Wildman–Crippen LogP) is 5.05. The number of fused-ring (bicyclic) bond motifs is 2. The maximum absolute atomic E-state index is 13.0. The highest BCUT2D eigenvalue weighted by atomic mass is 19.4. The van der Waals surface area contributed by atoms with Gasteiger partial charge in [-0.15, -0.1) is 0 Å². The highest BCUT2D eigenvalue weighted by Crippen LogP contribution is 2.42. The number of halogens is 3. The van der Waals surface area contributed by atoms with Gasteiger partial charge in [0.25, 0.3) is 0 Å². The summed E-state index contributed by atoms with van der Waals surface area (Å²) in [5.41, 5.74) is 2.99. The average molecular weight is 560 g/mol. The van der Waals surface area contributed by atoms with E-state index in [9.17, 15) is 18.0 Å². The summed E-state index contributed by atoms with van der Waals surface area (Å²) >= 11 is 0. The number of ether oxygens (including phenoxy) is 1. The van der Waals surface area contributed by atoms with Crippen molar-refractivity contribution in [3.05, 3.63) is 66.6 Å². The van der Waals surface area contributed by atoms with Crippen molar-refractivity contribution >= 4 is 17.7 Å². The van der Waals surface area contributed by atoms with E-state index in [1.165, 1.54) is 11.3 Å². The normalized spacial score (nSPS) is 16.5. The molecule has 2 aromatic carbocycles. The number of likely N-dealkylation sites (tertiary alicyclic amines) is 1. The zero-order chi connectivity index (χ0) is 28.9. The van der Waals surface area contributed by atoms with E-state index >= 15 is 0 Å². The number of methoxy groups -OCH3 is 1. The van der Waals surface area contributed by atoms with Gasteiger partial charge in [0.1, 0.15) is 11.6 Å². The van der Waals surface area contributed by atoms with Gasteiger partial charge < -0.3 is 24.6 Å². The van der Waals surface area contributed by atoms with Crippen molar-refractivity contribution in [1.82, 2.24) is 19.4 Å². The third-order valence-corrected chi connectivity index (χ3v) is 7.36. The minimum absolute atomic E-state index is 0.0646. The summed E-state index contributed by atoms with van der Waals surface area (Å²) in [6.07, 6.45) is -1.32. The van der Waals surface area contributed by atoms with Gasteiger partial charge in [-0.25, -0.2) is 14.6 Å². The lowest BCUT2D eigenvalue weighted by Crippen LogP contribution is -2.58. The van der Waals surface area contributed by atoms with Gasteiger partial charge in [-0.3, -0.25) is 4.90 Å². The summed E-state index contributed by atoms with van der Waals surface area (Å²) in [5.74, 6) is -0.887. The molecular formula is C28H32F3N5O4. The Hall–Kier alpha value is -4.06. The summed E-state index contributed by atoms with van der Waals surface area (Å²) in [6.45, 7) is 6.52.